The third kappa shape index (κ3) is 2.44. The van der Waals surface area contributed by atoms with Crippen LogP contribution >= 0.6 is 0 Å². The summed E-state index contributed by atoms with van der Waals surface area (Å²) in [4.78, 5) is 0. The predicted octanol–water partition coefficient (Wildman–Crippen LogP) is 4.79. The molecule has 1 radical (unpaired) electrons. The number of hydrogen-bond acceptors (Lipinski definition) is 0. The van der Waals surface area contributed by atoms with Crippen LogP contribution in [0.4, 0.5) is 0 Å². The minimum atomic E-state index is 0.601. The van der Waals surface area contributed by atoms with Crippen molar-refractivity contribution < 1.29 is 0 Å². The monoisotopic (exact) mass is 211 g/mol. The van der Waals surface area contributed by atoms with Crippen molar-refractivity contribution in [3.05, 3.63) is 48.0 Å². The fourth-order valence-electron chi connectivity index (χ4n) is 2.25. The van der Waals surface area contributed by atoms with Crippen molar-refractivity contribution in [2.24, 2.45) is 5.92 Å². The molecule has 0 bridgehead atoms. The zero-order valence-corrected chi connectivity index (χ0v) is 10.3. The molecule has 0 aliphatic carbocycles. The van der Waals surface area contributed by atoms with E-state index in [4.69, 9.17) is 0 Å². The van der Waals surface area contributed by atoms with Crippen molar-refractivity contribution in [1.82, 2.24) is 0 Å². The normalized spacial score (nSPS) is 13.2. The summed E-state index contributed by atoms with van der Waals surface area (Å²) in [6.45, 7) is 6.84. The molecule has 0 aliphatic heterocycles. The standard InChI is InChI=1S/C16H19/c1-12(2)10-13(3)15-9-8-14-6-4-5-7-16(14)11-15/h4-9,12-13H,10H2,1-3H3. The van der Waals surface area contributed by atoms with E-state index in [2.05, 4.69) is 63.2 Å². The number of rotatable bonds is 3. The largest absolute Gasteiger partial charge is 0.0628 e. The molecule has 0 amide bonds. The molecule has 0 nitrogen and oxygen atoms in total. The van der Waals surface area contributed by atoms with E-state index in [1.807, 2.05) is 0 Å². The van der Waals surface area contributed by atoms with Crippen LogP contribution in [-0.4, -0.2) is 0 Å². The maximum Gasteiger partial charge on any atom is -0.00615 e. The highest BCUT2D eigenvalue weighted by atomic mass is 14.1. The molecule has 0 spiro atoms. The minimum absolute atomic E-state index is 0.601. The second-order valence-corrected chi connectivity index (χ2v) is 5.03. The lowest BCUT2D eigenvalue weighted by atomic mass is 9.91. The Morgan fingerprint density at radius 2 is 1.75 bits per heavy atom. The molecule has 0 fully saturated rings. The van der Waals surface area contributed by atoms with Gasteiger partial charge in [-0.15, -0.1) is 0 Å². The summed E-state index contributed by atoms with van der Waals surface area (Å²) in [6, 6.07) is 16.4. The first-order valence-electron chi connectivity index (χ1n) is 6.08. The van der Waals surface area contributed by atoms with Crippen LogP contribution in [0, 0.1) is 12.0 Å². The van der Waals surface area contributed by atoms with Crippen molar-refractivity contribution in [2.45, 2.75) is 33.1 Å². The van der Waals surface area contributed by atoms with E-state index in [-0.39, 0.29) is 0 Å². The van der Waals surface area contributed by atoms with Gasteiger partial charge < -0.3 is 0 Å². The molecule has 1 atom stereocenters. The molecule has 0 N–H and O–H groups in total. The van der Waals surface area contributed by atoms with Gasteiger partial charge in [0.15, 0.2) is 0 Å². The van der Waals surface area contributed by atoms with Crippen LogP contribution in [0.5, 0.6) is 0 Å². The van der Waals surface area contributed by atoms with Crippen LogP contribution in [0.25, 0.3) is 10.8 Å². The Labute approximate surface area is 98.3 Å². The fourth-order valence-corrected chi connectivity index (χ4v) is 2.25. The number of fused-ring (bicyclic) bond motifs is 1. The van der Waals surface area contributed by atoms with Gasteiger partial charge in [0.05, 0.1) is 0 Å². The van der Waals surface area contributed by atoms with E-state index < -0.39 is 0 Å². The predicted molar refractivity (Wildman–Crippen MR) is 70.7 cm³/mol. The highest BCUT2D eigenvalue weighted by Gasteiger charge is 2.08. The molecular formula is C16H19. The summed E-state index contributed by atoms with van der Waals surface area (Å²) in [6.07, 6.45) is 1.23. The summed E-state index contributed by atoms with van der Waals surface area (Å²) in [5.41, 5.74) is 1.34. The van der Waals surface area contributed by atoms with Gasteiger partial charge in [-0.25, -0.2) is 0 Å². The maximum absolute atomic E-state index is 3.53. The van der Waals surface area contributed by atoms with Gasteiger partial charge in [0, 0.05) is 0 Å². The zero-order valence-electron chi connectivity index (χ0n) is 10.3. The van der Waals surface area contributed by atoms with E-state index in [9.17, 15) is 0 Å². The summed E-state index contributed by atoms with van der Waals surface area (Å²) < 4.78 is 0. The number of benzene rings is 2. The first-order valence-corrected chi connectivity index (χ1v) is 6.08. The summed E-state index contributed by atoms with van der Waals surface area (Å²) in [7, 11) is 0. The van der Waals surface area contributed by atoms with Crippen molar-refractivity contribution >= 4 is 10.8 Å². The highest BCUT2D eigenvalue weighted by molar-refractivity contribution is 5.82. The van der Waals surface area contributed by atoms with Gasteiger partial charge in [0.25, 0.3) is 0 Å². The van der Waals surface area contributed by atoms with Gasteiger partial charge in [-0.3, -0.25) is 0 Å². The molecular weight excluding hydrogens is 192 g/mol. The van der Waals surface area contributed by atoms with Gasteiger partial charge in [0.1, 0.15) is 0 Å². The van der Waals surface area contributed by atoms with Crippen LogP contribution in [0.2, 0.25) is 0 Å². The molecule has 0 aromatic heterocycles. The Morgan fingerprint density at radius 3 is 2.50 bits per heavy atom. The average Bonchev–Trinajstić information content (AvgIpc) is 2.27. The Hall–Kier alpha value is -1.30. The lowest BCUT2D eigenvalue weighted by molar-refractivity contribution is 0.523. The smallest absolute Gasteiger partial charge is 0.00615 e. The highest BCUT2D eigenvalue weighted by Crippen LogP contribution is 2.25. The molecule has 83 valence electrons. The van der Waals surface area contributed by atoms with Gasteiger partial charge in [0.2, 0.25) is 0 Å². The van der Waals surface area contributed by atoms with Gasteiger partial charge in [-0.2, -0.15) is 0 Å². The number of hydrogen-bond donors (Lipinski definition) is 0. The first-order chi connectivity index (χ1) is 7.66. The van der Waals surface area contributed by atoms with Crippen LogP contribution < -0.4 is 0 Å². The Kier molecular flexibility index (Phi) is 3.28. The van der Waals surface area contributed by atoms with Crippen molar-refractivity contribution in [3.63, 3.8) is 0 Å². The molecule has 2 aromatic carbocycles. The van der Waals surface area contributed by atoms with E-state index in [1.54, 1.807) is 0 Å². The van der Waals surface area contributed by atoms with E-state index >= 15 is 0 Å². The Bertz CT molecular complexity index is 468. The topological polar surface area (TPSA) is 0 Å². The molecule has 16 heavy (non-hydrogen) atoms. The van der Waals surface area contributed by atoms with Crippen molar-refractivity contribution in [2.75, 3.05) is 0 Å². The second kappa shape index (κ2) is 4.69. The second-order valence-electron chi connectivity index (χ2n) is 5.03. The van der Waals surface area contributed by atoms with Gasteiger partial charge in [-0.1, -0.05) is 57.2 Å². The van der Waals surface area contributed by atoms with Crippen LogP contribution in [0.3, 0.4) is 0 Å². The van der Waals surface area contributed by atoms with Gasteiger partial charge >= 0.3 is 0 Å². The lowest BCUT2D eigenvalue weighted by Gasteiger charge is -2.14. The Balaban J connectivity index is 2.32. The minimum Gasteiger partial charge on any atom is -0.0628 e. The Morgan fingerprint density at radius 1 is 1.00 bits per heavy atom. The third-order valence-electron chi connectivity index (χ3n) is 3.04. The SMILES string of the molecule is CC(C)CC(C)c1[c]c2ccccc2cc1. The molecule has 2 aromatic rings. The van der Waals surface area contributed by atoms with Crippen LogP contribution in [-0.2, 0) is 0 Å². The van der Waals surface area contributed by atoms with Gasteiger partial charge in [-0.05, 0) is 40.7 Å². The van der Waals surface area contributed by atoms with E-state index in [1.165, 1.54) is 22.8 Å². The summed E-state index contributed by atoms with van der Waals surface area (Å²) in [5, 5.41) is 2.51. The van der Waals surface area contributed by atoms with E-state index in [0.29, 0.717) is 5.92 Å². The fraction of sp³-hybridized carbons (Fsp3) is 0.375. The molecule has 0 aliphatic rings. The van der Waals surface area contributed by atoms with Crippen LogP contribution in [0.15, 0.2) is 36.4 Å². The van der Waals surface area contributed by atoms with Crippen molar-refractivity contribution in [1.29, 1.82) is 0 Å². The molecule has 0 heteroatoms. The quantitative estimate of drug-likeness (QED) is 0.684. The van der Waals surface area contributed by atoms with E-state index in [0.717, 1.165) is 5.92 Å². The summed E-state index contributed by atoms with van der Waals surface area (Å²) >= 11 is 0. The zero-order chi connectivity index (χ0) is 11.5. The maximum atomic E-state index is 3.53. The molecule has 0 saturated heterocycles. The molecule has 1 unspecified atom stereocenters. The first kappa shape index (κ1) is 11.2. The molecule has 0 heterocycles. The molecule has 0 saturated carbocycles. The summed E-state index contributed by atoms with van der Waals surface area (Å²) in [5.74, 6) is 1.35. The molecule has 2 rings (SSSR count). The average molecular weight is 211 g/mol. The van der Waals surface area contributed by atoms with Crippen molar-refractivity contribution in [3.8, 4) is 0 Å². The lowest BCUT2D eigenvalue weighted by Crippen LogP contribution is -1.98. The third-order valence-corrected chi connectivity index (χ3v) is 3.04. The van der Waals surface area contributed by atoms with Crippen LogP contribution in [0.1, 0.15) is 38.7 Å².